The Kier molecular flexibility index (Phi) is 5.26. The second-order valence-corrected chi connectivity index (χ2v) is 5.78. The molecular formula is C17H21NO3. The van der Waals surface area contributed by atoms with Crippen LogP contribution in [-0.4, -0.2) is 24.0 Å². The molecular weight excluding hydrogens is 266 g/mol. The van der Waals surface area contributed by atoms with Gasteiger partial charge in [0.25, 0.3) is 0 Å². The molecule has 0 bridgehead atoms. The van der Waals surface area contributed by atoms with Crippen molar-refractivity contribution in [1.82, 2.24) is 5.32 Å². The summed E-state index contributed by atoms with van der Waals surface area (Å²) >= 11 is 0. The van der Waals surface area contributed by atoms with Gasteiger partial charge < -0.3 is 5.32 Å². The molecule has 1 saturated carbocycles. The van der Waals surface area contributed by atoms with Crippen molar-refractivity contribution in [2.75, 3.05) is 6.54 Å². The quantitative estimate of drug-likeness (QED) is 0.900. The van der Waals surface area contributed by atoms with Crippen molar-refractivity contribution >= 4 is 17.5 Å². The lowest BCUT2D eigenvalue weighted by Gasteiger charge is -2.26. The summed E-state index contributed by atoms with van der Waals surface area (Å²) in [6.45, 7) is 1.98. The summed E-state index contributed by atoms with van der Waals surface area (Å²) < 4.78 is 0. The number of benzene rings is 1. The first-order valence-electron chi connectivity index (χ1n) is 7.41. The third-order valence-corrected chi connectivity index (χ3v) is 4.01. The van der Waals surface area contributed by atoms with Crippen LogP contribution in [0.3, 0.4) is 0 Å². The van der Waals surface area contributed by atoms with Crippen molar-refractivity contribution in [3.63, 3.8) is 0 Å². The number of rotatable bonds is 5. The molecule has 1 fully saturated rings. The third kappa shape index (κ3) is 4.52. The first kappa shape index (κ1) is 15.4. The van der Waals surface area contributed by atoms with E-state index < -0.39 is 0 Å². The van der Waals surface area contributed by atoms with Gasteiger partial charge in [-0.15, -0.1) is 0 Å². The summed E-state index contributed by atoms with van der Waals surface area (Å²) in [4.78, 5) is 35.3. The molecule has 1 amide bonds. The molecule has 0 spiro atoms. The summed E-state index contributed by atoms with van der Waals surface area (Å²) in [6, 6.07) is 9.48. The van der Waals surface area contributed by atoms with Crippen LogP contribution in [0.4, 0.5) is 0 Å². The van der Waals surface area contributed by atoms with E-state index in [1.165, 1.54) is 0 Å². The molecule has 1 aliphatic rings. The fourth-order valence-corrected chi connectivity index (χ4v) is 2.80. The smallest absolute Gasteiger partial charge is 0.223 e. The summed E-state index contributed by atoms with van der Waals surface area (Å²) in [7, 11) is 0. The van der Waals surface area contributed by atoms with E-state index in [9.17, 15) is 14.4 Å². The highest BCUT2D eigenvalue weighted by atomic mass is 16.2. The Morgan fingerprint density at radius 3 is 2.62 bits per heavy atom. The second kappa shape index (κ2) is 7.16. The standard InChI is InChI=1S/C17H21NO3/c1-12-9-14(19)7-8-16(12)17(21)18-11-15(20)10-13-5-3-2-4-6-13/h2-6,12,16H,7-11H2,1H3,(H,18,21). The SMILES string of the molecule is CC1CC(=O)CCC1C(=O)NCC(=O)Cc1ccccc1. The Morgan fingerprint density at radius 1 is 1.24 bits per heavy atom. The van der Waals surface area contributed by atoms with Gasteiger partial charge in [0.15, 0.2) is 5.78 Å². The molecule has 1 aliphatic carbocycles. The van der Waals surface area contributed by atoms with E-state index in [1.807, 2.05) is 37.3 Å². The van der Waals surface area contributed by atoms with Gasteiger partial charge in [-0.05, 0) is 17.9 Å². The van der Waals surface area contributed by atoms with Gasteiger partial charge in [0.1, 0.15) is 5.78 Å². The average Bonchev–Trinajstić information content (AvgIpc) is 2.46. The topological polar surface area (TPSA) is 63.2 Å². The minimum absolute atomic E-state index is 0.00547. The minimum Gasteiger partial charge on any atom is -0.349 e. The van der Waals surface area contributed by atoms with E-state index in [4.69, 9.17) is 0 Å². The maximum Gasteiger partial charge on any atom is 0.223 e. The maximum absolute atomic E-state index is 12.1. The summed E-state index contributed by atoms with van der Waals surface area (Å²) in [5.41, 5.74) is 0.952. The molecule has 0 aliphatic heterocycles. The van der Waals surface area contributed by atoms with Crippen molar-refractivity contribution in [3.05, 3.63) is 35.9 Å². The predicted octanol–water partition coefficient (Wildman–Crippen LogP) is 1.92. The van der Waals surface area contributed by atoms with Crippen molar-refractivity contribution < 1.29 is 14.4 Å². The molecule has 21 heavy (non-hydrogen) atoms. The summed E-state index contributed by atoms with van der Waals surface area (Å²) in [5, 5.41) is 2.72. The van der Waals surface area contributed by atoms with Gasteiger partial charge in [-0.3, -0.25) is 14.4 Å². The van der Waals surface area contributed by atoms with Crippen LogP contribution < -0.4 is 5.32 Å². The highest BCUT2D eigenvalue weighted by molar-refractivity contribution is 5.89. The van der Waals surface area contributed by atoms with E-state index in [2.05, 4.69) is 5.32 Å². The fourth-order valence-electron chi connectivity index (χ4n) is 2.80. The van der Waals surface area contributed by atoms with E-state index in [0.29, 0.717) is 25.7 Å². The molecule has 1 N–H and O–H groups in total. The number of Topliss-reactive ketones (excluding diaryl/α,β-unsaturated/α-hetero) is 2. The average molecular weight is 287 g/mol. The molecule has 2 atom stereocenters. The van der Waals surface area contributed by atoms with Gasteiger partial charge in [-0.2, -0.15) is 0 Å². The van der Waals surface area contributed by atoms with Crippen LogP contribution in [0, 0.1) is 11.8 Å². The van der Waals surface area contributed by atoms with Crippen LogP contribution in [0.1, 0.15) is 31.7 Å². The zero-order chi connectivity index (χ0) is 15.2. The Labute approximate surface area is 124 Å². The molecule has 1 aromatic rings. The van der Waals surface area contributed by atoms with Gasteiger partial charge in [0, 0.05) is 25.2 Å². The van der Waals surface area contributed by atoms with Gasteiger partial charge in [-0.25, -0.2) is 0 Å². The molecule has 2 unspecified atom stereocenters. The van der Waals surface area contributed by atoms with Crippen LogP contribution in [0.2, 0.25) is 0 Å². The zero-order valence-electron chi connectivity index (χ0n) is 12.3. The van der Waals surface area contributed by atoms with Gasteiger partial charge in [0.05, 0.1) is 6.54 Å². The first-order valence-corrected chi connectivity index (χ1v) is 7.41. The normalized spacial score (nSPS) is 21.9. The molecule has 4 nitrogen and oxygen atoms in total. The van der Waals surface area contributed by atoms with Crippen molar-refractivity contribution in [3.8, 4) is 0 Å². The molecule has 4 heteroatoms. The third-order valence-electron chi connectivity index (χ3n) is 4.01. The maximum atomic E-state index is 12.1. The van der Waals surface area contributed by atoms with Crippen LogP contribution in [0.25, 0.3) is 0 Å². The molecule has 112 valence electrons. The predicted molar refractivity (Wildman–Crippen MR) is 79.7 cm³/mol. The Hall–Kier alpha value is -1.97. The largest absolute Gasteiger partial charge is 0.349 e. The van der Waals surface area contributed by atoms with Crippen molar-refractivity contribution in [2.24, 2.45) is 11.8 Å². The second-order valence-electron chi connectivity index (χ2n) is 5.78. The number of nitrogens with one attached hydrogen (secondary N) is 1. The van der Waals surface area contributed by atoms with E-state index in [-0.39, 0.29) is 35.9 Å². The Bertz CT molecular complexity index is 524. The fraction of sp³-hybridized carbons (Fsp3) is 0.471. The number of amides is 1. The van der Waals surface area contributed by atoms with Crippen molar-refractivity contribution in [1.29, 1.82) is 0 Å². The van der Waals surface area contributed by atoms with E-state index in [0.717, 1.165) is 5.56 Å². The van der Waals surface area contributed by atoms with Crippen LogP contribution in [0.15, 0.2) is 30.3 Å². The molecule has 0 heterocycles. The molecule has 2 rings (SSSR count). The number of hydrogen-bond acceptors (Lipinski definition) is 3. The minimum atomic E-state index is -0.146. The van der Waals surface area contributed by atoms with E-state index in [1.54, 1.807) is 0 Å². The highest BCUT2D eigenvalue weighted by Crippen LogP contribution is 2.27. The lowest BCUT2D eigenvalue weighted by molar-refractivity contribution is -0.132. The lowest BCUT2D eigenvalue weighted by atomic mass is 9.79. The summed E-state index contributed by atoms with van der Waals surface area (Å²) in [5.74, 6) is 0.0416. The van der Waals surface area contributed by atoms with Crippen LogP contribution in [-0.2, 0) is 20.8 Å². The number of ketones is 2. The zero-order valence-corrected chi connectivity index (χ0v) is 12.3. The monoisotopic (exact) mass is 287 g/mol. The van der Waals surface area contributed by atoms with Crippen LogP contribution >= 0.6 is 0 Å². The first-order chi connectivity index (χ1) is 10.1. The van der Waals surface area contributed by atoms with Gasteiger partial charge >= 0.3 is 0 Å². The van der Waals surface area contributed by atoms with Crippen LogP contribution in [0.5, 0.6) is 0 Å². The van der Waals surface area contributed by atoms with E-state index >= 15 is 0 Å². The molecule has 0 aromatic heterocycles. The summed E-state index contributed by atoms with van der Waals surface area (Å²) in [6.07, 6.45) is 1.87. The van der Waals surface area contributed by atoms with Crippen molar-refractivity contribution in [2.45, 2.75) is 32.6 Å². The van der Waals surface area contributed by atoms with Gasteiger partial charge in [0.2, 0.25) is 5.91 Å². The molecule has 0 radical (unpaired) electrons. The molecule has 1 aromatic carbocycles. The Balaban J connectivity index is 1.78. The molecule has 0 saturated heterocycles. The number of carbonyl (C=O) groups excluding carboxylic acids is 3. The number of carbonyl (C=O) groups is 3. The lowest BCUT2D eigenvalue weighted by Crippen LogP contribution is -2.40. The Morgan fingerprint density at radius 2 is 1.95 bits per heavy atom. The van der Waals surface area contributed by atoms with Gasteiger partial charge in [-0.1, -0.05) is 37.3 Å². The number of hydrogen-bond donors (Lipinski definition) is 1. The highest BCUT2D eigenvalue weighted by Gasteiger charge is 2.31.